The third kappa shape index (κ3) is 5.06. The second kappa shape index (κ2) is 6.77. The number of halogens is 3. The molecule has 1 heterocycles. The van der Waals surface area contributed by atoms with Crippen molar-refractivity contribution in [3.8, 4) is 11.7 Å². The lowest BCUT2D eigenvalue weighted by atomic mass is 10.3. The number of nitrogens with one attached hydrogen (secondary N) is 1. The highest BCUT2D eigenvalue weighted by atomic mass is 32.2. The van der Waals surface area contributed by atoms with E-state index in [0.29, 0.717) is 5.69 Å². The molecule has 1 aromatic carbocycles. The first-order chi connectivity index (χ1) is 10.7. The number of benzene rings is 1. The molecule has 0 radical (unpaired) electrons. The van der Waals surface area contributed by atoms with Gasteiger partial charge in [-0.15, -0.1) is 13.2 Å². The molecule has 0 unspecified atom stereocenters. The molecule has 2 aromatic rings. The molecule has 0 saturated carbocycles. The number of amides is 1. The first-order valence-electron chi connectivity index (χ1n) is 6.06. The quantitative estimate of drug-likeness (QED) is 0.644. The topological polar surface area (TPSA) is 91.3 Å². The van der Waals surface area contributed by atoms with Crippen molar-refractivity contribution in [3.63, 3.8) is 0 Å². The summed E-state index contributed by atoms with van der Waals surface area (Å²) in [4.78, 5) is 11.7. The van der Waals surface area contributed by atoms with Crippen LogP contribution in [0.2, 0.25) is 0 Å². The summed E-state index contributed by atoms with van der Waals surface area (Å²) < 4.78 is 45.4. The average Bonchev–Trinajstić information content (AvgIpc) is 2.76. The molecule has 0 spiro atoms. The van der Waals surface area contributed by atoms with Crippen molar-refractivity contribution in [3.05, 3.63) is 24.3 Å². The van der Waals surface area contributed by atoms with Gasteiger partial charge in [0.15, 0.2) is 13.0 Å². The standard InChI is InChI=1S/C12H10F3N3O4S/c1-18-10(11(20)22-17-18)23-6-9(19)16-7-2-4-8(5-3-7)21-12(13,14)15/h2-5H,6H2,1H3,(H-,16,17,19,20). The van der Waals surface area contributed by atoms with E-state index in [9.17, 15) is 23.1 Å². The lowest BCUT2D eigenvalue weighted by Gasteiger charge is -2.09. The van der Waals surface area contributed by atoms with Crippen molar-refractivity contribution in [2.75, 3.05) is 11.1 Å². The Labute approximate surface area is 132 Å². The van der Waals surface area contributed by atoms with Crippen molar-refractivity contribution in [1.82, 2.24) is 5.27 Å². The zero-order valence-corrected chi connectivity index (χ0v) is 12.4. The summed E-state index contributed by atoms with van der Waals surface area (Å²) >= 11 is 0.927. The highest BCUT2D eigenvalue weighted by Crippen LogP contribution is 2.24. The summed E-state index contributed by atoms with van der Waals surface area (Å²) in [5, 5.41) is 17.3. The van der Waals surface area contributed by atoms with Gasteiger partial charge < -0.3 is 19.7 Å². The predicted molar refractivity (Wildman–Crippen MR) is 69.6 cm³/mol. The Morgan fingerprint density at radius 3 is 2.61 bits per heavy atom. The Morgan fingerprint density at radius 1 is 1.43 bits per heavy atom. The number of carbonyl (C=O) groups excluding carboxylic acids is 1. The number of ether oxygens (including phenoxy) is 1. The summed E-state index contributed by atoms with van der Waals surface area (Å²) in [5.74, 6) is -1.58. The van der Waals surface area contributed by atoms with Crippen LogP contribution in [0.15, 0.2) is 33.8 Å². The number of thioether (sulfide) groups is 1. The van der Waals surface area contributed by atoms with Crippen LogP contribution in [0, 0.1) is 0 Å². The van der Waals surface area contributed by atoms with E-state index < -0.39 is 24.0 Å². The molecule has 23 heavy (non-hydrogen) atoms. The van der Waals surface area contributed by atoms with E-state index in [-0.39, 0.29) is 10.8 Å². The Kier molecular flexibility index (Phi) is 4.98. The molecule has 0 bridgehead atoms. The normalized spacial score (nSPS) is 11.3. The van der Waals surface area contributed by atoms with Gasteiger partial charge in [0.25, 0.3) is 5.03 Å². The molecule has 0 atom stereocenters. The Hall–Kier alpha value is -2.43. The summed E-state index contributed by atoms with van der Waals surface area (Å²) in [6, 6.07) is 4.68. The molecule has 2 rings (SSSR count). The molecule has 0 aliphatic carbocycles. The first-order valence-corrected chi connectivity index (χ1v) is 7.04. The molecule has 0 aliphatic heterocycles. The van der Waals surface area contributed by atoms with Gasteiger partial charge in [-0.25, -0.2) is 0 Å². The van der Waals surface area contributed by atoms with Crippen LogP contribution in [0.4, 0.5) is 18.9 Å². The van der Waals surface area contributed by atoms with Crippen molar-refractivity contribution in [1.29, 1.82) is 0 Å². The lowest BCUT2D eigenvalue weighted by molar-refractivity contribution is -0.772. The number of aryl methyl sites for hydroxylation is 1. The van der Waals surface area contributed by atoms with E-state index in [2.05, 4.69) is 19.8 Å². The van der Waals surface area contributed by atoms with Crippen molar-refractivity contribution < 1.29 is 37.0 Å². The van der Waals surface area contributed by atoms with Crippen LogP contribution in [-0.2, 0) is 11.8 Å². The fourth-order valence-electron chi connectivity index (χ4n) is 1.53. The zero-order valence-electron chi connectivity index (χ0n) is 11.6. The maximum Gasteiger partial charge on any atom is 0.573 e. The van der Waals surface area contributed by atoms with Crippen molar-refractivity contribution in [2.24, 2.45) is 7.05 Å². The third-order valence-electron chi connectivity index (χ3n) is 2.43. The monoisotopic (exact) mass is 349 g/mol. The molecule has 11 heteroatoms. The summed E-state index contributed by atoms with van der Waals surface area (Å²) in [5.41, 5.74) is 0.294. The number of alkyl halides is 3. The van der Waals surface area contributed by atoms with Gasteiger partial charge in [0.05, 0.1) is 11.0 Å². The summed E-state index contributed by atoms with van der Waals surface area (Å²) in [6.07, 6.45) is -4.77. The van der Waals surface area contributed by atoms with E-state index in [1.165, 1.54) is 23.9 Å². The molecule has 124 valence electrons. The molecule has 0 aliphatic rings. The minimum absolute atomic E-state index is 0.0922. The molecular weight excluding hydrogens is 339 g/mol. The maximum absolute atomic E-state index is 12.0. The molecule has 0 saturated heterocycles. The number of nitrogens with zero attached hydrogens (tertiary/aromatic N) is 2. The minimum atomic E-state index is -4.77. The van der Waals surface area contributed by atoms with Crippen LogP contribution in [0.25, 0.3) is 0 Å². The van der Waals surface area contributed by atoms with Gasteiger partial charge in [-0.1, -0.05) is 4.68 Å². The maximum atomic E-state index is 12.0. The van der Waals surface area contributed by atoms with Gasteiger partial charge >= 0.3 is 6.36 Å². The molecule has 0 fully saturated rings. The SMILES string of the molecule is C[n+]1noc([O-])c1SCC(=O)Nc1ccc(OC(F)(F)F)cc1. The smallest absolute Gasteiger partial charge is 0.538 e. The number of carbonyl (C=O) groups is 1. The van der Waals surface area contributed by atoms with Gasteiger partial charge in [-0.2, -0.15) is 0 Å². The number of rotatable bonds is 5. The molecule has 7 nitrogen and oxygen atoms in total. The van der Waals surface area contributed by atoms with Crippen LogP contribution in [-0.4, -0.2) is 23.3 Å². The van der Waals surface area contributed by atoms with E-state index >= 15 is 0 Å². The average molecular weight is 349 g/mol. The van der Waals surface area contributed by atoms with E-state index in [1.807, 2.05) is 0 Å². The van der Waals surface area contributed by atoms with Gasteiger partial charge in [-0.05, 0) is 36.0 Å². The number of hydrogen-bond donors (Lipinski definition) is 1. The van der Waals surface area contributed by atoms with Crippen LogP contribution >= 0.6 is 11.8 Å². The number of aromatic nitrogens is 2. The number of anilines is 1. The number of hydrogen-bond acceptors (Lipinski definition) is 6. The second-order valence-electron chi connectivity index (χ2n) is 4.20. The van der Waals surface area contributed by atoms with Crippen molar-refractivity contribution >= 4 is 23.4 Å². The van der Waals surface area contributed by atoms with Crippen LogP contribution in [0.3, 0.4) is 0 Å². The molecular formula is C12H10F3N3O4S. The fraction of sp³-hybridized carbons (Fsp3) is 0.250. The van der Waals surface area contributed by atoms with Gasteiger partial charge in [0, 0.05) is 5.69 Å². The van der Waals surface area contributed by atoms with E-state index in [1.54, 1.807) is 0 Å². The molecule has 1 amide bonds. The molecule has 1 aromatic heterocycles. The van der Waals surface area contributed by atoms with Crippen LogP contribution in [0.5, 0.6) is 11.7 Å². The highest BCUT2D eigenvalue weighted by Gasteiger charge is 2.30. The van der Waals surface area contributed by atoms with Gasteiger partial charge in [0.1, 0.15) is 5.75 Å². The molecule has 1 N–H and O–H groups in total. The first kappa shape index (κ1) is 16.9. The van der Waals surface area contributed by atoms with Crippen molar-refractivity contribution in [2.45, 2.75) is 11.4 Å². The lowest BCUT2D eigenvalue weighted by Crippen LogP contribution is -2.32. The second-order valence-corrected chi connectivity index (χ2v) is 5.16. The van der Waals surface area contributed by atoms with Gasteiger partial charge in [0.2, 0.25) is 5.91 Å². The minimum Gasteiger partial charge on any atom is -0.538 e. The Bertz CT molecular complexity index is 668. The van der Waals surface area contributed by atoms with Gasteiger partial charge in [-0.3, -0.25) is 4.79 Å². The Morgan fingerprint density at radius 2 is 2.09 bits per heavy atom. The summed E-state index contributed by atoms with van der Waals surface area (Å²) in [6.45, 7) is 0. The fourth-order valence-corrected chi connectivity index (χ4v) is 2.25. The summed E-state index contributed by atoms with van der Waals surface area (Å²) in [7, 11) is 1.49. The third-order valence-corrected chi connectivity index (χ3v) is 3.54. The highest BCUT2D eigenvalue weighted by molar-refractivity contribution is 7.99. The predicted octanol–water partition coefficient (Wildman–Crippen LogP) is 1.20. The van der Waals surface area contributed by atoms with Crippen LogP contribution < -0.4 is 19.8 Å². The Balaban J connectivity index is 1.88. The van der Waals surface area contributed by atoms with E-state index in [0.717, 1.165) is 23.9 Å². The van der Waals surface area contributed by atoms with Crippen LogP contribution in [0.1, 0.15) is 0 Å². The van der Waals surface area contributed by atoms with E-state index in [4.69, 9.17) is 0 Å². The zero-order chi connectivity index (χ0) is 17.0. The largest absolute Gasteiger partial charge is 0.573 e.